The molecule has 1 aliphatic rings. The van der Waals surface area contributed by atoms with Gasteiger partial charge in [0.1, 0.15) is 5.82 Å². The van der Waals surface area contributed by atoms with Gasteiger partial charge < -0.3 is 9.84 Å². The van der Waals surface area contributed by atoms with E-state index in [-0.39, 0.29) is 18.5 Å². The van der Waals surface area contributed by atoms with Crippen LogP contribution in [0.3, 0.4) is 0 Å². The summed E-state index contributed by atoms with van der Waals surface area (Å²) in [6.45, 7) is 3.83. The Bertz CT molecular complexity index is 491. The molecule has 0 saturated carbocycles. The lowest BCUT2D eigenvalue weighted by Crippen LogP contribution is -2.43. The van der Waals surface area contributed by atoms with Crippen molar-refractivity contribution in [2.45, 2.75) is 25.9 Å². The van der Waals surface area contributed by atoms with Gasteiger partial charge in [-0.05, 0) is 36.7 Å². The van der Waals surface area contributed by atoms with E-state index < -0.39 is 11.9 Å². The van der Waals surface area contributed by atoms with E-state index in [0.717, 1.165) is 18.5 Å². The number of nitrogens with zero attached hydrogens (tertiary/aromatic N) is 1. The molecule has 0 bridgehead atoms. The predicted molar refractivity (Wildman–Crippen MR) is 77.8 cm³/mol. The molecule has 0 aliphatic carbocycles. The van der Waals surface area contributed by atoms with Crippen molar-refractivity contribution in [3.63, 3.8) is 0 Å². The molecule has 0 spiro atoms. The zero-order valence-corrected chi connectivity index (χ0v) is 12.6. The molecule has 4 nitrogen and oxygen atoms in total. The second-order valence-corrected chi connectivity index (χ2v) is 5.73. The first-order chi connectivity index (χ1) is 10.0. The molecule has 116 valence electrons. The number of hydrogen-bond donors (Lipinski definition) is 1. The molecule has 2 atom stereocenters. The fraction of sp³-hybridized carbons (Fsp3) is 0.533. The van der Waals surface area contributed by atoms with Crippen LogP contribution in [0.15, 0.2) is 18.2 Å². The van der Waals surface area contributed by atoms with Crippen LogP contribution in [0.25, 0.3) is 0 Å². The van der Waals surface area contributed by atoms with E-state index in [9.17, 15) is 14.3 Å². The Labute approximate surface area is 128 Å². The van der Waals surface area contributed by atoms with E-state index in [4.69, 9.17) is 16.3 Å². The smallest absolute Gasteiger partial charge is 0.310 e. The van der Waals surface area contributed by atoms with Gasteiger partial charge in [-0.15, -0.1) is 0 Å². The minimum absolute atomic E-state index is 0.190. The molecule has 1 aromatic carbocycles. The van der Waals surface area contributed by atoms with Crippen molar-refractivity contribution in [2.75, 3.05) is 19.8 Å². The standard InChI is InChI=1S/C15H19ClFNO3/c1-2-3-18(14-9-21-8-13(14)15(19)20)7-10-4-11(16)6-12(17)5-10/h4-6,13-14H,2-3,7-9H2,1H3,(H,19,20). The quantitative estimate of drug-likeness (QED) is 0.877. The first-order valence-electron chi connectivity index (χ1n) is 7.00. The number of carbonyl (C=O) groups is 1. The highest BCUT2D eigenvalue weighted by Crippen LogP contribution is 2.23. The number of hydrogen-bond acceptors (Lipinski definition) is 3. The van der Waals surface area contributed by atoms with Crippen molar-refractivity contribution in [3.05, 3.63) is 34.6 Å². The van der Waals surface area contributed by atoms with E-state index in [1.165, 1.54) is 12.1 Å². The van der Waals surface area contributed by atoms with Crippen molar-refractivity contribution in [1.29, 1.82) is 0 Å². The van der Waals surface area contributed by atoms with E-state index in [1.54, 1.807) is 6.07 Å². The number of benzene rings is 1. The van der Waals surface area contributed by atoms with E-state index in [1.807, 2.05) is 11.8 Å². The predicted octanol–water partition coefficient (Wildman–Crippen LogP) is 2.79. The van der Waals surface area contributed by atoms with Gasteiger partial charge in [-0.25, -0.2) is 4.39 Å². The lowest BCUT2D eigenvalue weighted by molar-refractivity contribution is -0.143. The highest BCUT2D eigenvalue weighted by atomic mass is 35.5. The summed E-state index contributed by atoms with van der Waals surface area (Å²) < 4.78 is 18.7. The maximum Gasteiger partial charge on any atom is 0.310 e. The Balaban J connectivity index is 2.16. The highest BCUT2D eigenvalue weighted by molar-refractivity contribution is 6.30. The molecule has 1 fully saturated rings. The highest BCUT2D eigenvalue weighted by Gasteiger charge is 2.37. The first-order valence-corrected chi connectivity index (χ1v) is 7.38. The molecule has 6 heteroatoms. The van der Waals surface area contributed by atoms with Crippen molar-refractivity contribution < 1.29 is 19.0 Å². The maximum absolute atomic E-state index is 13.4. The molecule has 0 radical (unpaired) electrons. The summed E-state index contributed by atoms with van der Waals surface area (Å²) in [6, 6.07) is 4.21. The average molecular weight is 316 g/mol. The van der Waals surface area contributed by atoms with Crippen molar-refractivity contribution in [3.8, 4) is 0 Å². The van der Waals surface area contributed by atoms with E-state index in [2.05, 4.69) is 0 Å². The van der Waals surface area contributed by atoms with Crippen LogP contribution >= 0.6 is 11.6 Å². The van der Waals surface area contributed by atoms with Crippen LogP contribution in [0.5, 0.6) is 0 Å². The molecule has 0 aromatic heterocycles. The number of carboxylic acid groups (broad SMARTS) is 1. The lowest BCUT2D eigenvalue weighted by Gasteiger charge is -2.30. The van der Waals surface area contributed by atoms with Gasteiger partial charge in [-0.3, -0.25) is 9.69 Å². The molecule has 1 heterocycles. The van der Waals surface area contributed by atoms with Crippen molar-refractivity contribution >= 4 is 17.6 Å². The number of aliphatic carboxylic acids is 1. The van der Waals surface area contributed by atoms with E-state index >= 15 is 0 Å². The van der Waals surface area contributed by atoms with Crippen LogP contribution in [0.2, 0.25) is 5.02 Å². The molecular weight excluding hydrogens is 297 g/mol. The minimum Gasteiger partial charge on any atom is -0.481 e. The van der Waals surface area contributed by atoms with Gasteiger partial charge in [0.15, 0.2) is 0 Å². The van der Waals surface area contributed by atoms with Crippen LogP contribution in [-0.4, -0.2) is 41.8 Å². The van der Waals surface area contributed by atoms with Crippen LogP contribution < -0.4 is 0 Å². The Morgan fingerprint density at radius 1 is 1.48 bits per heavy atom. The van der Waals surface area contributed by atoms with Crippen LogP contribution in [0.4, 0.5) is 4.39 Å². The summed E-state index contributed by atoms with van der Waals surface area (Å²) in [5.41, 5.74) is 0.740. The summed E-state index contributed by atoms with van der Waals surface area (Å²) in [7, 11) is 0. The third-order valence-corrected chi connectivity index (χ3v) is 3.87. The van der Waals surface area contributed by atoms with Crippen LogP contribution in [0.1, 0.15) is 18.9 Å². The normalized spacial score (nSPS) is 21.9. The van der Waals surface area contributed by atoms with Crippen molar-refractivity contribution in [2.24, 2.45) is 5.92 Å². The Kier molecular flexibility index (Phi) is 5.56. The summed E-state index contributed by atoms with van der Waals surface area (Å²) in [5, 5.41) is 9.61. The molecule has 1 aromatic rings. The summed E-state index contributed by atoms with van der Waals surface area (Å²) in [4.78, 5) is 13.3. The molecule has 0 amide bonds. The first kappa shape index (κ1) is 16.2. The van der Waals surface area contributed by atoms with Gasteiger partial charge in [0.25, 0.3) is 0 Å². The summed E-state index contributed by atoms with van der Waals surface area (Å²) in [5.74, 6) is -1.78. The van der Waals surface area contributed by atoms with Crippen LogP contribution in [-0.2, 0) is 16.1 Å². The molecule has 21 heavy (non-hydrogen) atoms. The number of rotatable bonds is 6. The number of ether oxygens (including phenoxy) is 1. The Morgan fingerprint density at radius 2 is 2.24 bits per heavy atom. The maximum atomic E-state index is 13.4. The summed E-state index contributed by atoms with van der Waals surface area (Å²) in [6.07, 6.45) is 0.881. The zero-order valence-electron chi connectivity index (χ0n) is 11.9. The van der Waals surface area contributed by atoms with Gasteiger partial charge in [0, 0.05) is 17.6 Å². The third kappa shape index (κ3) is 4.15. The molecule has 2 rings (SSSR count). The second kappa shape index (κ2) is 7.20. The SMILES string of the molecule is CCCN(Cc1cc(F)cc(Cl)c1)C1COCC1C(=O)O. The average Bonchev–Trinajstić information content (AvgIpc) is 2.86. The monoisotopic (exact) mass is 315 g/mol. The third-order valence-electron chi connectivity index (χ3n) is 3.66. The topological polar surface area (TPSA) is 49.8 Å². The Morgan fingerprint density at radius 3 is 2.86 bits per heavy atom. The summed E-state index contributed by atoms with van der Waals surface area (Å²) >= 11 is 5.87. The van der Waals surface area contributed by atoms with Crippen molar-refractivity contribution in [1.82, 2.24) is 4.90 Å². The van der Waals surface area contributed by atoms with Gasteiger partial charge in [-0.2, -0.15) is 0 Å². The van der Waals surface area contributed by atoms with Gasteiger partial charge in [-0.1, -0.05) is 18.5 Å². The fourth-order valence-corrected chi connectivity index (χ4v) is 2.97. The molecule has 1 N–H and O–H groups in total. The minimum atomic E-state index is -0.851. The molecule has 2 unspecified atom stereocenters. The largest absolute Gasteiger partial charge is 0.481 e. The van der Waals surface area contributed by atoms with Crippen LogP contribution in [0, 0.1) is 11.7 Å². The molecule has 1 saturated heterocycles. The van der Waals surface area contributed by atoms with Gasteiger partial charge in [0.2, 0.25) is 0 Å². The number of halogens is 2. The lowest BCUT2D eigenvalue weighted by atomic mass is 10.0. The second-order valence-electron chi connectivity index (χ2n) is 5.30. The van der Waals surface area contributed by atoms with Gasteiger partial charge in [0.05, 0.1) is 19.1 Å². The zero-order chi connectivity index (χ0) is 15.4. The molecular formula is C15H19ClFNO3. The fourth-order valence-electron chi connectivity index (χ4n) is 2.72. The Hall–Kier alpha value is -1.17. The number of carboxylic acids is 1. The molecule has 1 aliphatic heterocycles. The van der Waals surface area contributed by atoms with E-state index in [0.29, 0.717) is 18.2 Å². The van der Waals surface area contributed by atoms with Gasteiger partial charge >= 0.3 is 5.97 Å².